The topological polar surface area (TPSA) is 35.5 Å². The van der Waals surface area contributed by atoms with Crippen LogP contribution >= 0.6 is 0 Å². The van der Waals surface area contributed by atoms with Gasteiger partial charge in [-0.05, 0) is 6.42 Å². The van der Waals surface area contributed by atoms with E-state index in [0.29, 0.717) is 18.9 Å². The second-order valence-corrected chi connectivity index (χ2v) is 5.02. The lowest BCUT2D eigenvalue weighted by Crippen LogP contribution is -2.36. The quantitative estimate of drug-likeness (QED) is 0.768. The second-order valence-electron chi connectivity index (χ2n) is 5.02. The van der Waals surface area contributed by atoms with Gasteiger partial charge < -0.3 is 9.47 Å². The number of carbonyl (C=O) groups excluding carboxylic acids is 1. The first-order chi connectivity index (χ1) is 8.66. The van der Waals surface area contributed by atoms with Crippen LogP contribution in [0.1, 0.15) is 37.0 Å². The molecule has 18 heavy (non-hydrogen) atoms. The molecule has 1 fully saturated rings. The Hall–Kier alpha value is -1.19. The van der Waals surface area contributed by atoms with Gasteiger partial charge in [0.25, 0.3) is 0 Å². The zero-order valence-electron chi connectivity index (χ0n) is 11.0. The van der Waals surface area contributed by atoms with Gasteiger partial charge >= 0.3 is 0 Å². The maximum absolute atomic E-state index is 12.1. The van der Waals surface area contributed by atoms with Crippen molar-refractivity contribution in [2.24, 2.45) is 5.92 Å². The van der Waals surface area contributed by atoms with Gasteiger partial charge in [-0.2, -0.15) is 0 Å². The summed E-state index contributed by atoms with van der Waals surface area (Å²) in [5.74, 6) is 0.463. The molecule has 0 N–H and O–H groups in total. The number of hydrogen-bond acceptors (Lipinski definition) is 3. The fourth-order valence-electron chi connectivity index (χ4n) is 2.06. The highest BCUT2D eigenvalue weighted by molar-refractivity contribution is 5.96. The molecule has 1 aromatic rings. The van der Waals surface area contributed by atoms with Gasteiger partial charge in [-0.1, -0.05) is 44.2 Å². The molecule has 2 atom stereocenters. The number of benzene rings is 1. The second kappa shape index (κ2) is 6.12. The lowest BCUT2D eigenvalue weighted by molar-refractivity contribution is -0.229. The zero-order chi connectivity index (χ0) is 13.0. The van der Waals surface area contributed by atoms with Crippen LogP contribution in [0.5, 0.6) is 0 Å². The van der Waals surface area contributed by atoms with Gasteiger partial charge in [0.2, 0.25) is 0 Å². The molecule has 1 aliphatic rings. The van der Waals surface area contributed by atoms with Crippen molar-refractivity contribution in [3.63, 3.8) is 0 Å². The summed E-state index contributed by atoms with van der Waals surface area (Å²) in [4.78, 5) is 12.1. The van der Waals surface area contributed by atoms with Crippen LogP contribution < -0.4 is 0 Å². The summed E-state index contributed by atoms with van der Waals surface area (Å²) in [6.45, 7) is 4.80. The molecular formula is C15H20O3. The standard InChI is InChI=1S/C15H20O3/c1-11(2)15-17-9-8-13(18-15)10-14(16)12-6-4-3-5-7-12/h3-7,11,13,15H,8-10H2,1-2H3/t13-,15-/m1/s1. The van der Waals surface area contributed by atoms with Crippen molar-refractivity contribution in [2.45, 2.75) is 39.1 Å². The summed E-state index contributed by atoms with van der Waals surface area (Å²) in [5, 5.41) is 0. The minimum atomic E-state index is -0.174. The first-order valence-electron chi connectivity index (χ1n) is 6.52. The average molecular weight is 248 g/mol. The predicted octanol–water partition coefficient (Wildman–Crippen LogP) is 3.05. The highest BCUT2D eigenvalue weighted by atomic mass is 16.7. The van der Waals surface area contributed by atoms with Crippen molar-refractivity contribution in [3.8, 4) is 0 Å². The fraction of sp³-hybridized carbons (Fsp3) is 0.533. The Labute approximate surface area is 108 Å². The van der Waals surface area contributed by atoms with Gasteiger partial charge in [-0.3, -0.25) is 4.79 Å². The van der Waals surface area contributed by atoms with E-state index in [9.17, 15) is 4.79 Å². The summed E-state index contributed by atoms with van der Waals surface area (Å²) < 4.78 is 11.3. The molecule has 2 rings (SSSR count). The summed E-state index contributed by atoms with van der Waals surface area (Å²) in [7, 11) is 0. The Balaban J connectivity index is 1.91. The molecule has 0 aliphatic carbocycles. The summed E-state index contributed by atoms with van der Waals surface area (Å²) >= 11 is 0. The maximum Gasteiger partial charge on any atom is 0.165 e. The third-order valence-corrected chi connectivity index (χ3v) is 3.10. The molecule has 0 amide bonds. The minimum absolute atomic E-state index is 0.0149. The SMILES string of the molecule is CC(C)[C@@H]1OCC[C@H](CC(=O)c2ccccc2)O1. The molecule has 0 spiro atoms. The number of ether oxygens (including phenoxy) is 2. The van der Waals surface area contributed by atoms with Crippen molar-refractivity contribution in [3.05, 3.63) is 35.9 Å². The highest BCUT2D eigenvalue weighted by Crippen LogP contribution is 2.21. The Kier molecular flexibility index (Phi) is 4.50. The number of ketones is 1. The monoisotopic (exact) mass is 248 g/mol. The molecule has 1 aliphatic heterocycles. The highest BCUT2D eigenvalue weighted by Gasteiger charge is 2.27. The van der Waals surface area contributed by atoms with Crippen LogP contribution in [0.3, 0.4) is 0 Å². The van der Waals surface area contributed by atoms with Crippen LogP contribution in [-0.2, 0) is 9.47 Å². The largest absolute Gasteiger partial charge is 0.352 e. The van der Waals surface area contributed by atoms with E-state index < -0.39 is 0 Å². The molecule has 1 saturated heterocycles. The van der Waals surface area contributed by atoms with Crippen LogP contribution in [0, 0.1) is 5.92 Å². The molecule has 0 bridgehead atoms. The van der Waals surface area contributed by atoms with E-state index in [2.05, 4.69) is 13.8 Å². The predicted molar refractivity (Wildman–Crippen MR) is 69.5 cm³/mol. The van der Waals surface area contributed by atoms with Crippen LogP contribution in [0.15, 0.2) is 30.3 Å². The minimum Gasteiger partial charge on any atom is -0.352 e. The van der Waals surface area contributed by atoms with Crippen LogP contribution in [0.2, 0.25) is 0 Å². The van der Waals surface area contributed by atoms with Gasteiger partial charge in [-0.25, -0.2) is 0 Å². The molecule has 0 unspecified atom stereocenters. The van der Waals surface area contributed by atoms with Crippen molar-refractivity contribution < 1.29 is 14.3 Å². The first kappa shape index (κ1) is 13.2. The molecule has 3 nitrogen and oxygen atoms in total. The van der Waals surface area contributed by atoms with E-state index in [0.717, 1.165) is 12.0 Å². The third kappa shape index (κ3) is 3.40. The first-order valence-corrected chi connectivity index (χ1v) is 6.52. The van der Waals surface area contributed by atoms with Crippen molar-refractivity contribution in [1.82, 2.24) is 0 Å². The lowest BCUT2D eigenvalue weighted by atomic mass is 10.0. The number of hydrogen-bond donors (Lipinski definition) is 0. The van der Waals surface area contributed by atoms with Gasteiger partial charge in [0.1, 0.15) is 0 Å². The molecule has 0 radical (unpaired) electrons. The van der Waals surface area contributed by atoms with E-state index in [1.165, 1.54) is 0 Å². The van der Waals surface area contributed by atoms with Crippen LogP contribution in [-0.4, -0.2) is 24.8 Å². The van der Waals surface area contributed by atoms with Crippen molar-refractivity contribution in [1.29, 1.82) is 0 Å². The Morgan fingerprint density at radius 3 is 2.72 bits per heavy atom. The van der Waals surface area contributed by atoms with Gasteiger partial charge in [0, 0.05) is 17.9 Å². The van der Waals surface area contributed by atoms with E-state index in [1.807, 2.05) is 30.3 Å². The summed E-state index contributed by atoms with van der Waals surface area (Å²) in [6.07, 6.45) is 1.05. The molecule has 1 aromatic carbocycles. The normalized spacial score (nSPS) is 24.2. The fourth-order valence-corrected chi connectivity index (χ4v) is 2.06. The van der Waals surface area contributed by atoms with E-state index >= 15 is 0 Å². The molecule has 3 heteroatoms. The van der Waals surface area contributed by atoms with Crippen molar-refractivity contribution in [2.75, 3.05) is 6.61 Å². The Bertz CT molecular complexity index is 386. The van der Waals surface area contributed by atoms with Crippen LogP contribution in [0.25, 0.3) is 0 Å². The lowest BCUT2D eigenvalue weighted by Gasteiger charge is -2.32. The van der Waals surface area contributed by atoms with Gasteiger partial charge in [0.15, 0.2) is 12.1 Å². The van der Waals surface area contributed by atoms with E-state index in [1.54, 1.807) is 0 Å². The number of carbonyl (C=O) groups is 1. The van der Waals surface area contributed by atoms with Gasteiger partial charge in [-0.15, -0.1) is 0 Å². The molecule has 98 valence electrons. The molecule has 1 heterocycles. The van der Waals surface area contributed by atoms with Crippen LogP contribution in [0.4, 0.5) is 0 Å². The number of rotatable bonds is 4. The molecular weight excluding hydrogens is 228 g/mol. The maximum atomic E-state index is 12.1. The summed E-state index contributed by atoms with van der Waals surface area (Å²) in [6, 6.07) is 9.38. The van der Waals surface area contributed by atoms with Gasteiger partial charge in [0.05, 0.1) is 12.7 Å². The smallest absolute Gasteiger partial charge is 0.165 e. The molecule has 0 saturated carbocycles. The van der Waals surface area contributed by atoms with E-state index in [4.69, 9.17) is 9.47 Å². The summed E-state index contributed by atoms with van der Waals surface area (Å²) in [5.41, 5.74) is 0.758. The van der Waals surface area contributed by atoms with Crippen molar-refractivity contribution >= 4 is 5.78 Å². The Morgan fingerprint density at radius 2 is 2.06 bits per heavy atom. The zero-order valence-corrected chi connectivity index (χ0v) is 11.0. The molecule has 0 aromatic heterocycles. The average Bonchev–Trinajstić information content (AvgIpc) is 2.40. The third-order valence-electron chi connectivity index (χ3n) is 3.10. The Morgan fingerprint density at radius 1 is 1.33 bits per heavy atom. The number of Topliss-reactive ketones (excluding diaryl/α,β-unsaturated/α-hetero) is 1. The van der Waals surface area contributed by atoms with E-state index in [-0.39, 0.29) is 18.2 Å².